The van der Waals surface area contributed by atoms with Gasteiger partial charge in [0.2, 0.25) is 0 Å². The summed E-state index contributed by atoms with van der Waals surface area (Å²) in [6, 6.07) is 0. The Balaban J connectivity index is 1.53. The van der Waals surface area contributed by atoms with Gasteiger partial charge in [0.25, 0.3) is 0 Å². The van der Waals surface area contributed by atoms with Crippen molar-refractivity contribution in [1.82, 2.24) is 0 Å². The lowest BCUT2D eigenvalue weighted by Gasteiger charge is -2.61. The molecule has 2 spiro atoms. The summed E-state index contributed by atoms with van der Waals surface area (Å²) in [5, 5.41) is 32.4. The average molecular weight is 543 g/mol. The first-order valence-electron chi connectivity index (χ1n) is 14.7. The predicted molar refractivity (Wildman–Crippen MR) is 145 cm³/mol. The van der Waals surface area contributed by atoms with E-state index in [0.29, 0.717) is 12.8 Å². The maximum atomic E-state index is 13.2. The van der Waals surface area contributed by atoms with Gasteiger partial charge < -0.3 is 20.1 Å². The molecule has 0 aromatic carbocycles. The Morgan fingerprint density at radius 2 is 1.87 bits per heavy atom. The van der Waals surface area contributed by atoms with Gasteiger partial charge in [-0.1, -0.05) is 47.3 Å². The summed E-state index contributed by atoms with van der Waals surface area (Å²) in [4.78, 5) is 38.1. The van der Waals surface area contributed by atoms with E-state index in [1.807, 2.05) is 13.8 Å². The molecule has 0 heterocycles. The number of ketones is 2. The second-order valence-electron chi connectivity index (χ2n) is 14.3. The highest BCUT2D eigenvalue weighted by molar-refractivity contribution is 5.98. The van der Waals surface area contributed by atoms with E-state index in [4.69, 9.17) is 4.74 Å². The molecule has 5 rings (SSSR count). The Bertz CT molecular complexity index is 1130. The van der Waals surface area contributed by atoms with Crippen LogP contribution in [0.4, 0.5) is 0 Å². The number of Topliss-reactive ketones (excluding diaryl/α,β-unsaturated/α-hetero) is 1. The Kier molecular flexibility index (Phi) is 6.68. The van der Waals surface area contributed by atoms with E-state index in [0.717, 1.165) is 19.3 Å². The van der Waals surface area contributed by atoms with Crippen LogP contribution in [-0.4, -0.2) is 57.8 Å². The highest BCUT2D eigenvalue weighted by atomic mass is 16.5. The second kappa shape index (κ2) is 9.09. The van der Waals surface area contributed by atoms with E-state index < -0.39 is 35.9 Å². The minimum atomic E-state index is -1.33. The number of aliphatic hydroxyl groups excluding tert-OH is 3. The third-order valence-corrected chi connectivity index (χ3v) is 12.9. The van der Waals surface area contributed by atoms with Crippen molar-refractivity contribution in [1.29, 1.82) is 0 Å². The zero-order valence-electron chi connectivity index (χ0n) is 24.3. The van der Waals surface area contributed by atoms with Gasteiger partial charge in [0.1, 0.15) is 12.2 Å². The second-order valence-corrected chi connectivity index (χ2v) is 14.3. The van der Waals surface area contributed by atoms with Gasteiger partial charge in [0.15, 0.2) is 11.6 Å². The van der Waals surface area contributed by atoms with Gasteiger partial charge in [-0.05, 0) is 71.8 Å². The Morgan fingerprint density at radius 1 is 1.21 bits per heavy atom. The molecule has 0 radical (unpaired) electrons. The molecule has 0 aliphatic heterocycles. The standard InChI is InChI=1S/C32H46O7/c1-16(14-33)17(2)27(37)28(38)19(4)26-23(39-20(5)34)13-30(7)24-12-22(36)25-18(3)21(35)8-9-32(25)15-31(24,32)11-10-29(26,30)6/h8-9,16,18-19,22-26,28,33,36,38H,2,10-15H2,1,3-7H3/t16-,18+,19?,22+,23-,24-,25+,26-,28+,29+,30-,31?,32?/m0/s1. The monoisotopic (exact) mass is 542 g/mol. The molecule has 0 aromatic rings. The predicted octanol–water partition coefficient (Wildman–Crippen LogP) is 3.64. The lowest BCUT2D eigenvalue weighted by molar-refractivity contribution is -0.162. The fourth-order valence-corrected chi connectivity index (χ4v) is 10.6. The van der Waals surface area contributed by atoms with E-state index in [2.05, 4.69) is 26.5 Å². The van der Waals surface area contributed by atoms with E-state index >= 15 is 0 Å². The van der Waals surface area contributed by atoms with Crippen LogP contribution in [0.1, 0.15) is 73.6 Å². The zero-order chi connectivity index (χ0) is 28.9. The molecule has 0 bridgehead atoms. The molecule has 3 N–H and O–H groups in total. The highest BCUT2D eigenvalue weighted by Crippen LogP contribution is 2.87. The minimum Gasteiger partial charge on any atom is -0.462 e. The normalized spacial score (nSPS) is 48.1. The van der Waals surface area contributed by atoms with Gasteiger partial charge in [-0.3, -0.25) is 14.4 Å². The van der Waals surface area contributed by atoms with Crippen molar-refractivity contribution in [2.24, 2.45) is 57.2 Å². The average Bonchev–Trinajstić information content (AvgIpc) is 3.47. The molecule has 0 amide bonds. The maximum absolute atomic E-state index is 13.2. The maximum Gasteiger partial charge on any atom is 0.302 e. The SMILES string of the molecule is C=C(C(=O)[C@H](O)C(C)[C@H]1[C@@H](OC(C)=O)C[C@@]2(C)[C@@H]3C[C@@H](O)[C@H]4[C@H](C)C(=O)C=CC45CC35CC[C@]12C)[C@@H](C)CO. The zero-order valence-corrected chi connectivity index (χ0v) is 24.3. The number of rotatable bonds is 7. The molecule has 4 fully saturated rings. The molecule has 5 aliphatic carbocycles. The number of fused-ring (bicyclic) bond motifs is 2. The summed E-state index contributed by atoms with van der Waals surface area (Å²) in [7, 11) is 0. The number of aliphatic hydroxyl groups is 3. The molecular weight excluding hydrogens is 496 g/mol. The Hall–Kier alpha value is -1.83. The van der Waals surface area contributed by atoms with Crippen LogP contribution in [0.3, 0.4) is 0 Å². The van der Waals surface area contributed by atoms with Gasteiger partial charge in [-0.15, -0.1) is 0 Å². The third-order valence-electron chi connectivity index (χ3n) is 12.9. The molecule has 3 unspecified atom stereocenters. The van der Waals surface area contributed by atoms with Crippen molar-refractivity contribution < 1.29 is 34.4 Å². The van der Waals surface area contributed by atoms with Crippen molar-refractivity contribution >= 4 is 17.5 Å². The van der Waals surface area contributed by atoms with Crippen LogP contribution in [-0.2, 0) is 19.1 Å². The topological polar surface area (TPSA) is 121 Å². The van der Waals surface area contributed by atoms with Crippen molar-refractivity contribution in [2.45, 2.75) is 92.0 Å². The molecule has 216 valence electrons. The summed E-state index contributed by atoms with van der Waals surface area (Å²) in [5.74, 6) is -2.11. The molecule has 13 atom stereocenters. The number of hydrogen-bond donors (Lipinski definition) is 3. The molecule has 0 saturated heterocycles. The Labute approximate surface area is 232 Å². The summed E-state index contributed by atoms with van der Waals surface area (Å²) in [5.41, 5.74) is -0.653. The molecule has 7 nitrogen and oxygen atoms in total. The summed E-state index contributed by atoms with van der Waals surface area (Å²) in [6.07, 6.45) is 5.41. The van der Waals surface area contributed by atoms with Gasteiger partial charge >= 0.3 is 5.97 Å². The largest absolute Gasteiger partial charge is 0.462 e. The number of carbonyl (C=O) groups excluding carboxylic acids is 3. The van der Waals surface area contributed by atoms with Crippen molar-refractivity contribution in [3.05, 3.63) is 24.3 Å². The number of esters is 1. The number of carbonyl (C=O) groups is 3. The summed E-state index contributed by atoms with van der Waals surface area (Å²) in [6.45, 7) is 15.0. The molecule has 39 heavy (non-hydrogen) atoms. The van der Waals surface area contributed by atoms with Gasteiger partial charge in [-0.2, -0.15) is 0 Å². The van der Waals surface area contributed by atoms with Crippen molar-refractivity contribution in [3.63, 3.8) is 0 Å². The quantitative estimate of drug-likeness (QED) is 0.332. The van der Waals surface area contributed by atoms with E-state index in [-0.39, 0.29) is 69.3 Å². The lowest BCUT2D eigenvalue weighted by Crippen LogP contribution is -2.58. The summed E-state index contributed by atoms with van der Waals surface area (Å²) < 4.78 is 5.97. The van der Waals surface area contributed by atoms with Crippen LogP contribution in [0.2, 0.25) is 0 Å². The van der Waals surface area contributed by atoms with Gasteiger partial charge in [0.05, 0.1) is 6.10 Å². The minimum absolute atomic E-state index is 0.00516. The molecule has 4 saturated carbocycles. The van der Waals surface area contributed by atoms with Crippen LogP contribution >= 0.6 is 0 Å². The van der Waals surface area contributed by atoms with Crippen LogP contribution in [0.15, 0.2) is 24.3 Å². The smallest absolute Gasteiger partial charge is 0.302 e. The van der Waals surface area contributed by atoms with E-state index in [1.165, 1.54) is 6.92 Å². The van der Waals surface area contributed by atoms with Crippen LogP contribution in [0.5, 0.6) is 0 Å². The molecular formula is C32H46O7. The van der Waals surface area contributed by atoms with E-state index in [9.17, 15) is 29.7 Å². The van der Waals surface area contributed by atoms with E-state index in [1.54, 1.807) is 13.0 Å². The van der Waals surface area contributed by atoms with Crippen LogP contribution in [0.25, 0.3) is 0 Å². The molecule has 7 heteroatoms. The number of allylic oxidation sites excluding steroid dienone is 2. The van der Waals surface area contributed by atoms with Crippen molar-refractivity contribution in [2.75, 3.05) is 6.61 Å². The first-order valence-corrected chi connectivity index (χ1v) is 14.7. The van der Waals surface area contributed by atoms with Crippen LogP contribution in [0, 0.1) is 57.2 Å². The third kappa shape index (κ3) is 3.61. The first kappa shape index (κ1) is 28.7. The fraction of sp³-hybridized carbons (Fsp3) is 0.781. The lowest BCUT2D eigenvalue weighted by atomic mass is 9.43. The molecule has 0 aromatic heterocycles. The fourth-order valence-electron chi connectivity index (χ4n) is 10.6. The summed E-state index contributed by atoms with van der Waals surface area (Å²) >= 11 is 0. The number of hydrogen-bond acceptors (Lipinski definition) is 7. The number of ether oxygens (including phenoxy) is 1. The van der Waals surface area contributed by atoms with Crippen molar-refractivity contribution in [3.8, 4) is 0 Å². The van der Waals surface area contributed by atoms with Crippen LogP contribution < -0.4 is 0 Å². The van der Waals surface area contributed by atoms with Gasteiger partial charge in [-0.25, -0.2) is 0 Å². The highest BCUT2D eigenvalue weighted by Gasteiger charge is 2.83. The van der Waals surface area contributed by atoms with Gasteiger partial charge in [0, 0.05) is 42.6 Å². The first-order chi connectivity index (χ1) is 18.1. The molecule has 5 aliphatic rings. The Morgan fingerprint density at radius 3 is 2.49 bits per heavy atom.